The number of hydrogen-bond acceptors (Lipinski definition) is 5. The number of aliphatic hydroxyl groups excluding tert-OH is 1. The quantitative estimate of drug-likeness (QED) is 0.676. The lowest BCUT2D eigenvalue weighted by atomic mass is 10.1. The monoisotopic (exact) mass is 197 g/mol. The summed E-state index contributed by atoms with van der Waals surface area (Å²) in [5.74, 6) is 0. The zero-order chi connectivity index (χ0) is 10.4. The molecule has 0 aromatic carbocycles. The number of amides is 1. The number of aliphatic hydroxyl groups is 1. The Hall–Kier alpha value is -1.69. The Labute approximate surface area is 80.7 Å². The molecule has 1 amide bonds. The van der Waals surface area contributed by atoms with Crippen molar-refractivity contribution >= 4 is 6.09 Å². The van der Waals surface area contributed by atoms with E-state index in [1.807, 2.05) is 0 Å². The van der Waals surface area contributed by atoms with Gasteiger partial charge in [0, 0.05) is 18.8 Å². The third-order valence-corrected chi connectivity index (χ3v) is 1.56. The first kappa shape index (κ1) is 10.4. The Bertz CT molecular complexity index is 291. The topological polar surface area (TPSA) is 98.3 Å². The van der Waals surface area contributed by atoms with Gasteiger partial charge in [0.25, 0.3) is 0 Å². The number of aromatic nitrogens is 2. The van der Waals surface area contributed by atoms with Crippen LogP contribution in [0.2, 0.25) is 0 Å². The first-order valence-corrected chi connectivity index (χ1v) is 4.03. The number of carbonyl (C=O) groups excluding carboxylic acids is 1. The SMILES string of the molecule is NC(=O)OC(CO)Cc1cncnc1. The van der Waals surface area contributed by atoms with Crippen LogP contribution in [-0.4, -0.2) is 33.9 Å². The average molecular weight is 197 g/mol. The van der Waals surface area contributed by atoms with Crippen molar-refractivity contribution in [2.75, 3.05) is 6.61 Å². The first-order chi connectivity index (χ1) is 6.72. The second-order valence-corrected chi connectivity index (χ2v) is 2.69. The molecule has 0 spiro atoms. The molecule has 0 aliphatic rings. The summed E-state index contributed by atoms with van der Waals surface area (Å²) in [6.07, 6.45) is 3.37. The molecular formula is C8H11N3O3. The number of rotatable bonds is 4. The maximum absolute atomic E-state index is 10.4. The highest BCUT2D eigenvalue weighted by molar-refractivity contribution is 5.64. The largest absolute Gasteiger partial charge is 0.444 e. The van der Waals surface area contributed by atoms with Crippen LogP contribution < -0.4 is 5.73 Å². The van der Waals surface area contributed by atoms with Gasteiger partial charge in [0.05, 0.1) is 6.61 Å². The van der Waals surface area contributed by atoms with Crippen LogP contribution >= 0.6 is 0 Å². The molecule has 0 saturated heterocycles. The second kappa shape index (κ2) is 5.13. The number of ether oxygens (including phenoxy) is 1. The highest BCUT2D eigenvalue weighted by Crippen LogP contribution is 2.02. The van der Waals surface area contributed by atoms with Crippen molar-refractivity contribution in [2.24, 2.45) is 5.73 Å². The van der Waals surface area contributed by atoms with E-state index in [0.29, 0.717) is 6.42 Å². The van der Waals surface area contributed by atoms with Crippen molar-refractivity contribution < 1.29 is 14.6 Å². The van der Waals surface area contributed by atoms with Crippen LogP contribution in [-0.2, 0) is 11.2 Å². The van der Waals surface area contributed by atoms with Crippen molar-refractivity contribution in [2.45, 2.75) is 12.5 Å². The third kappa shape index (κ3) is 3.36. The van der Waals surface area contributed by atoms with E-state index in [9.17, 15) is 4.79 Å². The highest BCUT2D eigenvalue weighted by Gasteiger charge is 2.11. The molecule has 1 aromatic heterocycles. The molecular weight excluding hydrogens is 186 g/mol. The fourth-order valence-corrected chi connectivity index (χ4v) is 1.01. The summed E-state index contributed by atoms with van der Waals surface area (Å²) in [7, 11) is 0. The Balaban J connectivity index is 2.53. The lowest BCUT2D eigenvalue weighted by Gasteiger charge is -2.12. The molecule has 1 unspecified atom stereocenters. The predicted octanol–water partition coefficient (Wildman–Crippen LogP) is -0.525. The Morgan fingerprint density at radius 1 is 1.57 bits per heavy atom. The highest BCUT2D eigenvalue weighted by atomic mass is 16.6. The molecule has 76 valence electrons. The van der Waals surface area contributed by atoms with E-state index in [1.54, 1.807) is 12.4 Å². The minimum Gasteiger partial charge on any atom is -0.444 e. The van der Waals surface area contributed by atoms with Crippen molar-refractivity contribution in [3.8, 4) is 0 Å². The van der Waals surface area contributed by atoms with Crippen LogP contribution in [0.3, 0.4) is 0 Å². The number of nitrogens with zero attached hydrogens (tertiary/aromatic N) is 2. The molecule has 0 fully saturated rings. The molecule has 3 N–H and O–H groups in total. The fourth-order valence-electron chi connectivity index (χ4n) is 1.01. The molecule has 1 aromatic rings. The molecule has 1 rings (SSSR count). The van der Waals surface area contributed by atoms with Gasteiger partial charge in [-0.05, 0) is 5.56 Å². The fraction of sp³-hybridized carbons (Fsp3) is 0.375. The molecule has 0 saturated carbocycles. The van der Waals surface area contributed by atoms with Gasteiger partial charge in [-0.1, -0.05) is 0 Å². The predicted molar refractivity (Wildman–Crippen MR) is 47.3 cm³/mol. The second-order valence-electron chi connectivity index (χ2n) is 2.69. The zero-order valence-corrected chi connectivity index (χ0v) is 7.46. The zero-order valence-electron chi connectivity index (χ0n) is 7.46. The number of primary amides is 1. The van der Waals surface area contributed by atoms with Crippen LogP contribution in [0.25, 0.3) is 0 Å². The van der Waals surface area contributed by atoms with Gasteiger partial charge in [0.15, 0.2) is 0 Å². The summed E-state index contributed by atoms with van der Waals surface area (Å²) in [5.41, 5.74) is 5.59. The normalized spacial score (nSPS) is 12.1. The van der Waals surface area contributed by atoms with E-state index in [1.165, 1.54) is 6.33 Å². The van der Waals surface area contributed by atoms with Crippen molar-refractivity contribution in [3.05, 3.63) is 24.3 Å². The van der Waals surface area contributed by atoms with Crippen LogP contribution in [0.5, 0.6) is 0 Å². The van der Waals surface area contributed by atoms with E-state index in [2.05, 4.69) is 14.7 Å². The number of carbonyl (C=O) groups is 1. The molecule has 14 heavy (non-hydrogen) atoms. The minimum absolute atomic E-state index is 0.280. The van der Waals surface area contributed by atoms with Crippen LogP contribution in [0.4, 0.5) is 4.79 Å². The van der Waals surface area contributed by atoms with Crippen molar-refractivity contribution in [1.29, 1.82) is 0 Å². The maximum atomic E-state index is 10.4. The van der Waals surface area contributed by atoms with Crippen molar-refractivity contribution in [1.82, 2.24) is 9.97 Å². The Morgan fingerprint density at radius 3 is 2.71 bits per heavy atom. The van der Waals surface area contributed by atoms with E-state index in [0.717, 1.165) is 5.56 Å². The average Bonchev–Trinajstić information content (AvgIpc) is 2.17. The third-order valence-electron chi connectivity index (χ3n) is 1.56. The van der Waals surface area contributed by atoms with E-state index >= 15 is 0 Å². The van der Waals surface area contributed by atoms with Gasteiger partial charge in [-0.3, -0.25) is 0 Å². The first-order valence-electron chi connectivity index (χ1n) is 4.03. The summed E-state index contributed by atoms with van der Waals surface area (Å²) in [6.45, 7) is -0.280. The Kier molecular flexibility index (Phi) is 3.81. The van der Waals surface area contributed by atoms with Crippen molar-refractivity contribution in [3.63, 3.8) is 0 Å². The summed E-state index contributed by atoms with van der Waals surface area (Å²) in [5, 5.41) is 8.86. The molecule has 6 heteroatoms. The van der Waals surface area contributed by atoms with E-state index < -0.39 is 12.2 Å². The molecule has 1 atom stereocenters. The summed E-state index contributed by atoms with van der Waals surface area (Å²) in [4.78, 5) is 18.0. The standard InChI is InChI=1S/C8H11N3O3/c9-8(13)14-7(4-12)1-6-2-10-5-11-3-6/h2-3,5,7,12H,1,4H2,(H2,9,13). The Morgan fingerprint density at radius 2 is 2.21 bits per heavy atom. The minimum atomic E-state index is -0.902. The lowest BCUT2D eigenvalue weighted by molar-refractivity contribution is 0.0638. The van der Waals surface area contributed by atoms with Gasteiger partial charge in [-0.15, -0.1) is 0 Å². The maximum Gasteiger partial charge on any atom is 0.404 e. The van der Waals surface area contributed by atoms with Crippen LogP contribution in [0, 0.1) is 0 Å². The number of hydrogen-bond donors (Lipinski definition) is 2. The van der Waals surface area contributed by atoms with E-state index in [-0.39, 0.29) is 6.61 Å². The molecule has 0 aliphatic carbocycles. The van der Waals surface area contributed by atoms with Gasteiger partial charge >= 0.3 is 6.09 Å². The van der Waals surface area contributed by atoms with Crippen LogP contribution in [0.15, 0.2) is 18.7 Å². The molecule has 0 bridgehead atoms. The van der Waals surface area contributed by atoms with Gasteiger partial charge in [-0.25, -0.2) is 14.8 Å². The summed E-state index contributed by atoms with van der Waals surface area (Å²) >= 11 is 0. The van der Waals surface area contributed by atoms with E-state index in [4.69, 9.17) is 10.8 Å². The van der Waals surface area contributed by atoms with Gasteiger partial charge < -0.3 is 15.6 Å². The lowest BCUT2D eigenvalue weighted by Crippen LogP contribution is -2.27. The molecule has 0 radical (unpaired) electrons. The van der Waals surface area contributed by atoms with Gasteiger partial charge in [-0.2, -0.15) is 0 Å². The molecule has 0 aliphatic heterocycles. The summed E-state index contributed by atoms with van der Waals surface area (Å²) < 4.78 is 4.64. The van der Waals surface area contributed by atoms with Crippen LogP contribution in [0.1, 0.15) is 5.56 Å². The molecule has 1 heterocycles. The summed E-state index contributed by atoms with van der Waals surface area (Å²) in [6, 6.07) is 0. The number of nitrogens with two attached hydrogens (primary N) is 1. The van der Waals surface area contributed by atoms with Gasteiger partial charge in [0.1, 0.15) is 12.4 Å². The smallest absolute Gasteiger partial charge is 0.404 e. The molecule has 6 nitrogen and oxygen atoms in total. The van der Waals surface area contributed by atoms with Gasteiger partial charge in [0.2, 0.25) is 0 Å².